The lowest BCUT2D eigenvalue weighted by Gasteiger charge is -2.17. The number of aryl methyl sites for hydroxylation is 1. The van der Waals surface area contributed by atoms with Crippen LogP contribution in [0.3, 0.4) is 0 Å². The first-order valence-corrected chi connectivity index (χ1v) is 10.4. The van der Waals surface area contributed by atoms with Crippen LogP contribution >= 0.6 is 35.0 Å². The highest BCUT2D eigenvalue weighted by Gasteiger charge is 2.18. The summed E-state index contributed by atoms with van der Waals surface area (Å²) in [7, 11) is 0. The molecule has 0 aliphatic heterocycles. The zero-order chi connectivity index (χ0) is 18.9. The van der Waals surface area contributed by atoms with Gasteiger partial charge in [0.1, 0.15) is 5.75 Å². The zero-order valence-electron chi connectivity index (χ0n) is 14.9. The van der Waals surface area contributed by atoms with E-state index in [9.17, 15) is 4.79 Å². The molecule has 6 heteroatoms. The molecule has 0 saturated carbocycles. The number of amides is 1. The van der Waals surface area contributed by atoms with E-state index in [4.69, 9.17) is 27.9 Å². The van der Waals surface area contributed by atoms with Gasteiger partial charge in [-0.05, 0) is 48.7 Å². The largest absolute Gasteiger partial charge is 0.481 e. The average Bonchev–Trinajstić information content (AvgIpc) is 2.63. The van der Waals surface area contributed by atoms with E-state index in [2.05, 4.69) is 5.32 Å². The van der Waals surface area contributed by atoms with Crippen molar-refractivity contribution in [2.24, 2.45) is 0 Å². The number of ether oxygens (including phenoxy) is 1. The van der Waals surface area contributed by atoms with Gasteiger partial charge in [-0.3, -0.25) is 4.79 Å². The second kappa shape index (κ2) is 10.7. The van der Waals surface area contributed by atoms with Gasteiger partial charge in [0.05, 0.1) is 0 Å². The first-order chi connectivity index (χ1) is 12.5. The van der Waals surface area contributed by atoms with Crippen molar-refractivity contribution in [1.82, 2.24) is 5.32 Å². The van der Waals surface area contributed by atoms with Crippen molar-refractivity contribution < 1.29 is 9.53 Å². The van der Waals surface area contributed by atoms with Crippen LogP contribution in [0.1, 0.15) is 24.5 Å². The minimum absolute atomic E-state index is 0.0987. The van der Waals surface area contributed by atoms with Gasteiger partial charge in [0.2, 0.25) is 0 Å². The van der Waals surface area contributed by atoms with E-state index in [-0.39, 0.29) is 5.91 Å². The van der Waals surface area contributed by atoms with Crippen LogP contribution in [0, 0.1) is 6.92 Å². The minimum atomic E-state index is -0.510. The summed E-state index contributed by atoms with van der Waals surface area (Å²) < 4.78 is 5.81. The van der Waals surface area contributed by atoms with Gasteiger partial charge in [-0.2, -0.15) is 11.8 Å². The van der Waals surface area contributed by atoms with Crippen molar-refractivity contribution in [3.05, 3.63) is 63.6 Å². The lowest BCUT2D eigenvalue weighted by atomic mass is 10.2. The molecule has 1 atom stereocenters. The molecule has 0 spiro atoms. The molecule has 3 nitrogen and oxygen atoms in total. The summed E-state index contributed by atoms with van der Waals surface area (Å²) in [6.07, 6.45) is 0.0874. The van der Waals surface area contributed by atoms with Crippen molar-refractivity contribution >= 4 is 40.9 Å². The quantitative estimate of drug-likeness (QED) is 0.552. The molecule has 0 bridgehead atoms. The van der Waals surface area contributed by atoms with Crippen molar-refractivity contribution in [3.63, 3.8) is 0 Å². The van der Waals surface area contributed by atoms with Gasteiger partial charge < -0.3 is 10.1 Å². The second-order valence-corrected chi connectivity index (χ2v) is 7.78. The number of hydrogen-bond donors (Lipinski definition) is 1. The molecule has 26 heavy (non-hydrogen) atoms. The van der Waals surface area contributed by atoms with Gasteiger partial charge in [0, 0.05) is 28.1 Å². The molecule has 2 aromatic carbocycles. The molecule has 2 aromatic rings. The molecule has 0 aromatic heterocycles. The monoisotopic (exact) mass is 411 g/mol. The fourth-order valence-electron chi connectivity index (χ4n) is 2.33. The number of carbonyl (C=O) groups excluding carboxylic acids is 1. The lowest BCUT2D eigenvalue weighted by molar-refractivity contribution is -0.127. The molecule has 1 unspecified atom stereocenters. The minimum Gasteiger partial charge on any atom is -0.481 e. The van der Waals surface area contributed by atoms with Crippen LogP contribution in [-0.4, -0.2) is 24.3 Å². The van der Waals surface area contributed by atoms with Gasteiger partial charge in [-0.25, -0.2) is 0 Å². The average molecular weight is 412 g/mol. The van der Waals surface area contributed by atoms with Gasteiger partial charge in [0.15, 0.2) is 6.10 Å². The first kappa shape index (κ1) is 20.9. The first-order valence-electron chi connectivity index (χ1n) is 8.53. The van der Waals surface area contributed by atoms with Crippen LogP contribution < -0.4 is 10.1 Å². The van der Waals surface area contributed by atoms with Gasteiger partial charge in [-0.1, -0.05) is 48.3 Å². The summed E-state index contributed by atoms with van der Waals surface area (Å²) >= 11 is 13.9. The number of nitrogens with one attached hydrogen (secondary N) is 1. The highest BCUT2D eigenvalue weighted by atomic mass is 35.5. The van der Waals surface area contributed by atoms with E-state index in [1.807, 2.05) is 44.2 Å². The van der Waals surface area contributed by atoms with Crippen LogP contribution in [0.25, 0.3) is 0 Å². The van der Waals surface area contributed by atoms with E-state index < -0.39 is 6.10 Å². The molecule has 0 aliphatic carbocycles. The topological polar surface area (TPSA) is 38.3 Å². The molecule has 1 N–H and O–H groups in total. The summed E-state index contributed by atoms with van der Waals surface area (Å²) in [5.41, 5.74) is 2.04. The fraction of sp³-hybridized carbons (Fsp3) is 0.350. The third-order valence-corrected chi connectivity index (χ3v) is 5.63. The molecule has 0 fully saturated rings. The molecule has 2 rings (SSSR count). The molecular weight excluding hydrogens is 389 g/mol. The highest BCUT2D eigenvalue weighted by molar-refractivity contribution is 7.98. The Morgan fingerprint density at radius 2 is 1.96 bits per heavy atom. The van der Waals surface area contributed by atoms with Crippen molar-refractivity contribution in [3.8, 4) is 5.75 Å². The zero-order valence-corrected chi connectivity index (χ0v) is 17.3. The normalized spacial score (nSPS) is 11.8. The van der Waals surface area contributed by atoms with Crippen LogP contribution in [0.5, 0.6) is 5.75 Å². The lowest BCUT2D eigenvalue weighted by Crippen LogP contribution is -2.39. The van der Waals surface area contributed by atoms with Crippen molar-refractivity contribution in [2.45, 2.75) is 32.1 Å². The standard InChI is InChI=1S/C20H23Cl2NO2S/c1-3-19(25-16-8-9-17(21)14(2)12-16)20(24)23-10-11-26-13-15-6-4-5-7-18(15)22/h4-9,12,19H,3,10-11,13H2,1-2H3,(H,23,24). The summed E-state index contributed by atoms with van der Waals surface area (Å²) in [4.78, 5) is 12.3. The fourth-order valence-corrected chi connectivity index (χ4v) is 3.60. The molecule has 0 aliphatic rings. The van der Waals surface area contributed by atoms with Crippen molar-refractivity contribution in [2.75, 3.05) is 12.3 Å². The number of hydrogen-bond acceptors (Lipinski definition) is 3. The number of halogens is 2. The third kappa shape index (κ3) is 6.42. The number of carbonyl (C=O) groups is 1. The van der Waals surface area contributed by atoms with Crippen molar-refractivity contribution in [1.29, 1.82) is 0 Å². The van der Waals surface area contributed by atoms with E-state index in [1.165, 1.54) is 0 Å². The van der Waals surface area contributed by atoms with E-state index in [0.717, 1.165) is 27.7 Å². The maximum Gasteiger partial charge on any atom is 0.261 e. The summed E-state index contributed by atoms with van der Waals surface area (Å²) in [5, 5.41) is 4.40. The summed E-state index contributed by atoms with van der Waals surface area (Å²) in [6.45, 7) is 4.43. The Kier molecular flexibility index (Phi) is 8.63. The molecule has 1 amide bonds. The molecular formula is C20H23Cl2NO2S. The van der Waals surface area contributed by atoms with Gasteiger partial charge >= 0.3 is 0 Å². The van der Waals surface area contributed by atoms with E-state index in [0.29, 0.717) is 23.7 Å². The van der Waals surface area contributed by atoms with Crippen LogP contribution in [0.4, 0.5) is 0 Å². The van der Waals surface area contributed by atoms with Crippen LogP contribution in [0.2, 0.25) is 10.0 Å². The third-order valence-electron chi connectivity index (χ3n) is 3.83. The van der Waals surface area contributed by atoms with Crippen LogP contribution in [-0.2, 0) is 10.5 Å². The van der Waals surface area contributed by atoms with E-state index in [1.54, 1.807) is 23.9 Å². The SMILES string of the molecule is CCC(Oc1ccc(Cl)c(C)c1)C(=O)NCCSCc1ccccc1Cl. The Morgan fingerprint density at radius 1 is 1.19 bits per heavy atom. The maximum absolute atomic E-state index is 12.3. The molecule has 140 valence electrons. The summed E-state index contributed by atoms with van der Waals surface area (Å²) in [6, 6.07) is 13.2. The predicted molar refractivity (Wildman–Crippen MR) is 112 cm³/mol. The highest BCUT2D eigenvalue weighted by Crippen LogP contribution is 2.23. The Labute approximate surface area is 169 Å². The Balaban J connectivity index is 1.74. The number of rotatable bonds is 9. The Bertz CT molecular complexity index is 740. The molecule has 0 heterocycles. The predicted octanol–water partition coefficient (Wildman–Crippen LogP) is 5.51. The summed E-state index contributed by atoms with van der Waals surface area (Å²) in [5.74, 6) is 2.20. The van der Waals surface area contributed by atoms with E-state index >= 15 is 0 Å². The van der Waals surface area contributed by atoms with Gasteiger partial charge in [-0.15, -0.1) is 0 Å². The maximum atomic E-state index is 12.3. The molecule has 0 radical (unpaired) electrons. The van der Waals surface area contributed by atoms with Gasteiger partial charge in [0.25, 0.3) is 5.91 Å². The number of benzene rings is 2. The molecule has 0 saturated heterocycles. The number of thioether (sulfide) groups is 1. The smallest absolute Gasteiger partial charge is 0.261 e. The Hall–Kier alpha value is -1.36. The van der Waals surface area contributed by atoms with Crippen LogP contribution in [0.15, 0.2) is 42.5 Å². The Morgan fingerprint density at radius 3 is 2.65 bits per heavy atom. The second-order valence-electron chi connectivity index (χ2n) is 5.86.